The number of nitro groups is 1. The van der Waals surface area contributed by atoms with Gasteiger partial charge < -0.3 is 11.1 Å². The highest BCUT2D eigenvalue weighted by Crippen LogP contribution is 2.24. The van der Waals surface area contributed by atoms with Crippen LogP contribution in [0.5, 0.6) is 0 Å². The number of rotatable bonds is 3. The van der Waals surface area contributed by atoms with Crippen LogP contribution in [0.3, 0.4) is 0 Å². The molecule has 0 amide bonds. The molecule has 0 spiro atoms. The van der Waals surface area contributed by atoms with Crippen LogP contribution >= 0.6 is 0 Å². The van der Waals surface area contributed by atoms with Gasteiger partial charge in [-0.1, -0.05) is 6.07 Å². The molecule has 0 aliphatic carbocycles. The summed E-state index contributed by atoms with van der Waals surface area (Å²) >= 11 is 0. The van der Waals surface area contributed by atoms with Gasteiger partial charge in [0.15, 0.2) is 0 Å². The molecule has 1 aromatic heterocycles. The van der Waals surface area contributed by atoms with E-state index >= 15 is 0 Å². The SMILES string of the molecule is Cc1ccc(F)cc1Nc1cc([N+](=O)[O-])cc(N)n1. The average Bonchev–Trinajstić information content (AvgIpc) is 2.33. The minimum absolute atomic E-state index is 0.0192. The predicted molar refractivity (Wildman–Crippen MR) is 69.7 cm³/mol. The summed E-state index contributed by atoms with van der Waals surface area (Å²) in [7, 11) is 0. The highest BCUT2D eigenvalue weighted by atomic mass is 19.1. The molecule has 98 valence electrons. The van der Waals surface area contributed by atoms with Crippen LogP contribution in [-0.4, -0.2) is 9.91 Å². The van der Waals surface area contributed by atoms with E-state index in [4.69, 9.17) is 5.73 Å². The summed E-state index contributed by atoms with van der Waals surface area (Å²) in [4.78, 5) is 14.1. The molecule has 0 saturated heterocycles. The first-order chi connectivity index (χ1) is 8.95. The molecule has 6 nitrogen and oxygen atoms in total. The minimum atomic E-state index is -0.568. The van der Waals surface area contributed by atoms with Crippen molar-refractivity contribution in [2.75, 3.05) is 11.1 Å². The lowest BCUT2D eigenvalue weighted by atomic mass is 10.2. The Bertz CT molecular complexity index is 646. The van der Waals surface area contributed by atoms with E-state index in [1.807, 2.05) is 0 Å². The predicted octanol–water partition coefficient (Wildman–Crippen LogP) is 2.76. The molecule has 19 heavy (non-hydrogen) atoms. The van der Waals surface area contributed by atoms with Crippen molar-refractivity contribution in [3.05, 3.63) is 51.8 Å². The van der Waals surface area contributed by atoms with E-state index in [1.54, 1.807) is 13.0 Å². The molecule has 0 bridgehead atoms. The molecule has 0 aliphatic heterocycles. The molecule has 0 radical (unpaired) electrons. The number of halogens is 1. The molecule has 1 heterocycles. The normalized spacial score (nSPS) is 10.2. The molecule has 0 fully saturated rings. The number of aryl methyl sites for hydroxylation is 1. The zero-order valence-corrected chi connectivity index (χ0v) is 10.1. The van der Waals surface area contributed by atoms with Crippen molar-refractivity contribution >= 4 is 23.0 Å². The monoisotopic (exact) mass is 262 g/mol. The van der Waals surface area contributed by atoms with Crippen molar-refractivity contribution in [1.29, 1.82) is 0 Å². The van der Waals surface area contributed by atoms with Gasteiger partial charge in [-0.05, 0) is 24.6 Å². The Morgan fingerprint density at radius 3 is 2.79 bits per heavy atom. The molecule has 1 aromatic carbocycles. The van der Waals surface area contributed by atoms with E-state index in [9.17, 15) is 14.5 Å². The molecular weight excluding hydrogens is 251 g/mol. The van der Waals surface area contributed by atoms with Gasteiger partial charge in [0, 0.05) is 5.69 Å². The summed E-state index contributed by atoms with van der Waals surface area (Å²) in [5.41, 5.74) is 6.58. The first kappa shape index (κ1) is 12.7. The van der Waals surface area contributed by atoms with Crippen LogP contribution in [0, 0.1) is 22.9 Å². The smallest absolute Gasteiger partial charge is 0.276 e. The summed E-state index contributed by atoms with van der Waals surface area (Å²) in [6.07, 6.45) is 0. The number of nitrogen functional groups attached to an aromatic ring is 1. The van der Waals surface area contributed by atoms with E-state index in [0.29, 0.717) is 5.69 Å². The first-order valence-corrected chi connectivity index (χ1v) is 5.41. The Balaban J connectivity index is 2.38. The fourth-order valence-electron chi connectivity index (χ4n) is 1.57. The maximum absolute atomic E-state index is 13.1. The minimum Gasteiger partial charge on any atom is -0.383 e. The summed E-state index contributed by atoms with van der Waals surface area (Å²) in [6.45, 7) is 1.78. The van der Waals surface area contributed by atoms with Gasteiger partial charge in [0.25, 0.3) is 5.69 Å². The Kier molecular flexibility index (Phi) is 3.28. The topological polar surface area (TPSA) is 94.1 Å². The lowest BCUT2D eigenvalue weighted by molar-refractivity contribution is -0.384. The number of benzene rings is 1. The number of aromatic nitrogens is 1. The zero-order valence-electron chi connectivity index (χ0n) is 10.1. The maximum Gasteiger partial charge on any atom is 0.276 e. The quantitative estimate of drug-likeness (QED) is 0.655. The number of nitrogens with two attached hydrogens (primary N) is 1. The summed E-state index contributed by atoms with van der Waals surface area (Å²) in [5, 5.41) is 13.5. The summed E-state index contributed by atoms with van der Waals surface area (Å²) < 4.78 is 13.1. The van der Waals surface area contributed by atoms with Crippen molar-refractivity contribution in [1.82, 2.24) is 4.98 Å². The standard InChI is InChI=1S/C12H11FN4O2/c1-7-2-3-8(13)4-10(7)15-12-6-9(17(18)19)5-11(14)16-12/h2-6H,1H3,(H3,14,15,16). The highest BCUT2D eigenvalue weighted by molar-refractivity contribution is 5.64. The molecule has 7 heteroatoms. The molecule has 0 unspecified atom stereocenters. The van der Waals surface area contributed by atoms with Crippen LogP contribution in [0.2, 0.25) is 0 Å². The van der Waals surface area contributed by atoms with Crippen LogP contribution in [0.25, 0.3) is 0 Å². The second kappa shape index (κ2) is 4.89. The van der Waals surface area contributed by atoms with Gasteiger partial charge in [0.05, 0.1) is 17.1 Å². The van der Waals surface area contributed by atoms with E-state index in [0.717, 1.165) is 11.6 Å². The Morgan fingerprint density at radius 1 is 1.37 bits per heavy atom. The van der Waals surface area contributed by atoms with Crippen LogP contribution in [0.4, 0.5) is 27.4 Å². The van der Waals surface area contributed by atoms with Gasteiger partial charge in [-0.2, -0.15) is 0 Å². The Labute approximate surface area is 108 Å². The van der Waals surface area contributed by atoms with Crippen LogP contribution in [0.1, 0.15) is 5.56 Å². The second-order valence-corrected chi connectivity index (χ2v) is 3.98. The highest BCUT2D eigenvalue weighted by Gasteiger charge is 2.10. The van der Waals surface area contributed by atoms with Crippen molar-refractivity contribution in [3.8, 4) is 0 Å². The lowest BCUT2D eigenvalue weighted by Gasteiger charge is -2.09. The molecule has 3 N–H and O–H groups in total. The van der Waals surface area contributed by atoms with Crippen LogP contribution in [-0.2, 0) is 0 Å². The lowest BCUT2D eigenvalue weighted by Crippen LogP contribution is -2.01. The molecule has 0 aliphatic rings. The average molecular weight is 262 g/mol. The third kappa shape index (κ3) is 2.95. The van der Waals surface area contributed by atoms with Crippen molar-refractivity contribution < 1.29 is 9.31 Å². The Morgan fingerprint density at radius 2 is 2.11 bits per heavy atom. The van der Waals surface area contributed by atoms with Crippen LogP contribution < -0.4 is 11.1 Å². The van der Waals surface area contributed by atoms with Crippen molar-refractivity contribution in [3.63, 3.8) is 0 Å². The molecule has 0 atom stereocenters. The van der Waals surface area contributed by atoms with Gasteiger partial charge in [-0.3, -0.25) is 10.1 Å². The van der Waals surface area contributed by atoms with Gasteiger partial charge in [0.1, 0.15) is 17.5 Å². The number of hydrogen-bond donors (Lipinski definition) is 2. The van der Waals surface area contributed by atoms with Gasteiger partial charge in [-0.15, -0.1) is 0 Å². The van der Waals surface area contributed by atoms with E-state index < -0.39 is 10.7 Å². The van der Waals surface area contributed by atoms with E-state index in [-0.39, 0.29) is 17.3 Å². The molecule has 0 saturated carbocycles. The fourth-order valence-corrected chi connectivity index (χ4v) is 1.57. The van der Waals surface area contributed by atoms with Crippen molar-refractivity contribution in [2.24, 2.45) is 0 Å². The molecule has 2 aromatic rings. The van der Waals surface area contributed by atoms with E-state index in [1.165, 1.54) is 18.2 Å². The zero-order chi connectivity index (χ0) is 14.0. The largest absolute Gasteiger partial charge is 0.383 e. The number of anilines is 3. The summed E-state index contributed by atoms with van der Waals surface area (Å²) in [5.74, 6) is -0.197. The second-order valence-electron chi connectivity index (χ2n) is 3.98. The Hall–Kier alpha value is -2.70. The van der Waals surface area contributed by atoms with Crippen LogP contribution in [0.15, 0.2) is 30.3 Å². The van der Waals surface area contributed by atoms with Gasteiger partial charge >= 0.3 is 0 Å². The fraction of sp³-hybridized carbons (Fsp3) is 0.0833. The van der Waals surface area contributed by atoms with Gasteiger partial charge in [0.2, 0.25) is 0 Å². The van der Waals surface area contributed by atoms with Gasteiger partial charge in [-0.25, -0.2) is 9.37 Å². The molecular formula is C12H11FN4O2. The summed E-state index contributed by atoms with van der Waals surface area (Å²) in [6, 6.07) is 6.60. The third-order valence-corrected chi connectivity index (χ3v) is 2.50. The van der Waals surface area contributed by atoms with Crippen molar-refractivity contribution in [2.45, 2.75) is 6.92 Å². The third-order valence-electron chi connectivity index (χ3n) is 2.50. The number of nitrogens with zero attached hydrogens (tertiary/aromatic N) is 2. The number of hydrogen-bond acceptors (Lipinski definition) is 5. The number of pyridine rings is 1. The number of nitrogens with one attached hydrogen (secondary N) is 1. The van der Waals surface area contributed by atoms with E-state index in [2.05, 4.69) is 10.3 Å². The first-order valence-electron chi connectivity index (χ1n) is 5.41. The molecule has 2 rings (SSSR count). The maximum atomic E-state index is 13.1.